The Morgan fingerprint density at radius 2 is 1.53 bits per heavy atom. The molecule has 7 nitrogen and oxygen atoms in total. The lowest BCUT2D eigenvalue weighted by Gasteiger charge is -2.20. The van der Waals surface area contributed by atoms with Crippen LogP contribution < -0.4 is 4.90 Å². The highest BCUT2D eigenvalue weighted by Gasteiger charge is 2.24. The van der Waals surface area contributed by atoms with E-state index in [0.717, 1.165) is 11.1 Å². The summed E-state index contributed by atoms with van der Waals surface area (Å²) in [5.74, 6) is -0.733. The molecule has 3 aromatic rings. The third-order valence-corrected chi connectivity index (χ3v) is 5.33. The highest BCUT2D eigenvalue weighted by atomic mass is 16.6. The third kappa shape index (κ3) is 4.67. The molecule has 0 aliphatic rings. The van der Waals surface area contributed by atoms with Crippen molar-refractivity contribution >= 4 is 23.1 Å². The second kappa shape index (κ2) is 9.43. The number of carbonyl (C=O) groups excluding carboxylic acids is 2. The van der Waals surface area contributed by atoms with Gasteiger partial charge in [0.2, 0.25) is 0 Å². The van der Waals surface area contributed by atoms with Gasteiger partial charge in [0.25, 0.3) is 11.6 Å². The number of benzene rings is 3. The van der Waals surface area contributed by atoms with Crippen LogP contribution in [0.4, 0.5) is 11.4 Å². The van der Waals surface area contributed by atoms with E-state index < -0.39 is 10.7 Å². The topological polar surface area (TPSA) is 83.8 Å². The first kappa shape index (κ1) is 22.7. The molecule has 164 valence electrons. The van der Waals surface area contributed by atoms with E-state index in [2.05, 4.69) is 0 Å². The molecule has 7 heteroatoms. The van der Waals surface area contributed by atoms with Crippen LogP contribution in [0.5, 0.6) is 0 Å². The molecule has 0 unspecified atom stereocenters. The van der Waals surface area contributed by atoms with E-state index in [0.29, 0.717) is 12.2 Å². The van der Waals surface area contributed by atoms with E-state index in [4.69, 9.17) is 0 Å². The van der Waals surface area contributed by atoms with Crippen LogP contribution in [0, 0.1) is 17.0 Å². The van der Waals surface area contributed by atoms with E-state index in [9.17, 15) is 19.7 Å². The maximum atomic E-state index is 13.3. The summed E-state index contributed by atoms with van der Waals surface area (Å²) < 4.78 is 0. The molecule has 3 rings (SSSR count). The highest BCUT2D eigenvalue weighted by molar-refractivity contribution is 6.15. The molecule has 0 aliphatic heterocycles. The molecule has 0 saturated heterocycles. The van der Waals surface area contributed by atoms with Crippen molar-refractivity contribution in [3.05, 3.63) is 105 Å². The Morgan fingerprint density at radius 3 is 2.16 bits per heavy atom. The molecule has 0 bridgehead atoms. The van der Waals surface area contributed by atoms with Gasteiger partial charge in [-0.05, 0) is 36.2 Å². The van der Waals surface area contributed by atoms with Crippen molar-refractivity contribution in [1.29, 1.82) is 0 Å². The molecule has 0 fully saturated rings. The number of carbonyl (C=O) groups is 2. The number of rotatable bonds is 7. The van der Waals surface area contributed by atoms with Crippen LogP contribution in [0.25, 0.3) is 0 Å². The number of anilines is 1. The molecule has 3 aromatic carbocycles. The summed E-state index contributed by atoms with van der Waals surface area (Å²) in [7, 11) is 5.08. The second-order valence-electron chi connectivity index (χ2n) is 7.82. The fraction of sp³-hybridized carbons (Fsp3) is 0.200. The molecule has 0 atom stereocenters. The van der Waals surface area contributed by atoms with Gasteiger partial charge >= 0.3 is 0 Å². The fourth-order valence-electron chi connectivity index (χ4n) is 3.53. The Morgan fingerprint density at radius 1 is 0.906 bits per heavy atom. The summed E-state index contributed by atoms with van der Waals surface area (Å²) in [5.41, 5.74) is 2.94. The van der Waals surface area contributed by atoms with E-state index >= 15 is 0 Å². The quantitative estimate of drug-likeness (QED) is 0.313. The van der Waals surface area contributed by atoms with Gasteiger partial charge in [0, 0.05) is 44.9 Å². The SMILES string of the molecule is Cc1ccccc1CN(C)C(=O)c1ccccc1C(=O)c1ccc(N(C)C)c([N+](=O)[O-])c1. The zero-order valence-electron chi connectivity index (χ0n) is 18.5. The van der Waals surface area contributed by atoms with Crippen LogP contribution in [-0.2, 0) is 6.54 Å². The molecule has 0 spiro atoms. The number of hydrogen-bond acceptors (Lipinski definition) is 5. The first-order chi connectivity index (χ1) is 15.2. The van der Waals surface area contributed by atoms with Crippen LogP contribution in [0.1, 0.15) is 37.4 Å². The second-order valence-corrected chi connectivity index (χ2v) is 7.82. The average molecular weight is 431 g/mol. The molecule has 0 aromatic heterocycles. The van der Waals surface area contributed by atoms with Crippen LogP contribution in [0.15, 0.2) is 66.7 Å². The predicted molar refractivity (Wildman–Crippen MR) is 124 cm³/mol. The number of hydrogen-bond donors (Lipinski definition) is 0. The van der Waals surface area contributed by atoms with Gasteiger partial charge in [-0.25, -0.2) is 0 Å². The van der Waals surface area contributed by atoms with Crippen molar-refractivity contribution < 1.29 is 14.5 Å². The largest absolute Gasteiger partial charge is 0.372 e. The Hall–Kier alpha value is -4.00. The number of aryl methyl sites for hydroxylation is 1. The van der Waals surface area contributed by atoms with Gasteiger partial charge in [-0.15, -0.1) is 0 Å². The van der Waals surface area contributed by atoms with Gasteiger partial charge in [0.1, 0.15) is 5.69 Å². The zero-order chi connectivity index (χ0) is 23.4. The molecular weight excluding hydrogens is 406 g/mol. The van der Waals surface area contributed by atoms with Crippen molar-refractivity contribution in [3.63, 3.8) is 0 Å². The van der Waals surface area contributed by atoms with Crippen molar-refractivity contribution in [2.75, 3.05) is 26.0 Å². The summed E-state index contributed by atoms with van der Waals surface area (Å²) in [4.78, 5) is 40.6. The van der Waals surface area contributed by atoms with Crippen LogP contribution in [-0.4, -0.2) is 42.7 Å². The van der Waals surface area contributed by atoms with Gasteiger partial charge in [-0.1, -0.05) is 42.5 Å². The zero-order valence-corrected chi connectivity index (χ0v) is 18.5. The van der Waals surface area contributed by atoms with Crippen LogP contribution in [0.2, 0.25) is 0 Å². The summed E-state index contributed by atoms with van der Waals surface area (Å²) in [6.45, 7) is 2.38. The number of nitrogens with zero attached hydrogens (tertiary/aromatic N) is 3. The number of ketones is 1. The third-order valence-electron chi connectivity index (χ3n) is 5.33. The predicted octanol–water partition coefficient (Wildman–Crippen LogP) is 4.47. The average Bonchev–Trinajstić information content (AvgIpc) is 2.79. The fourth-order valence-corrected chi connectivity index (χ4v) is 3.53. The number of nitro groups is 1. The maximum absolute atomic E-state index is 13.3. The van der Waals surface area contributed by atoms with Gasteiger partial charge in [0.15, 0.2) is 5.78 Å². The standard InChI is InChI=1S/C25H25N3O4/c1-17-9-5-6-10-19(17)16-27(4)25(30)21-12-8-7-11-20(21)24(29)18-13-14-22(26(2)3)23(15-18)28(31)32/h5-15H,16H2,1-4H3. The van der Waals surface area contributed by atoms with Crippen molar-refractivity contribution in [1.82, 2.24) is 4.90 Å². The molecule has 0 N–H and O–H groups in total. The summed E-state index contributed by atoms with van der Waals surface area (Å²) in [6, 6.07) is 18.7. The molecule has 32 heavy (non-hydrogen) atoms. The normalized spacial score (nSPS) is 10.5. The summed E-state index contributed by atoms with van der Waals surface area (Å²) >= 11 is 0. The van der Waals surface area contributed by atoms with Crippen LogP contribution in [0.3, 0.4) is 0 Å². The lowest BCUT2D eigenvalue weighted by Crippen LogP contribution is -2.28. The smallest absolute Gasteiger partial charge is 0.293 e. The van der Waals surface area contributed by atoms with Crippen LogP contribution >= 0.6 is 0 Å². The minimum atomic E-state index is -0.515. The minimum absolute atomic E-state index is 0.157. The highest BCUT2D eigenvalue weighted by Crippen LogP contribution is 2.29. The lowest BCUT2D eigenvalue weighted by atomic mass is 9.96. The molecule has 0 saturated carbocycles. The molecule has 0 aliphatic carbocycles. The van der Waals surface area contributed by atoms with Crippen molar-refractivity contribution in [2.45, 2.75) is 13.5 Å². The van der Waals surface area contributed by atoms with E-state index in [-0.39, 0.29) is 28.3 Å². The minimum Gasteiger partial charge on any atom is -0.372 e. The van der Waals surface area contributed by atoms with E-state index in [1.165, 1.54) is 6.07 Å². The Kier molecular flexibility index (Phi) is 6.68. The van der Waals surface area contributed by atoms with Crippen molar-refractivity contribution in [3.8, 4) is 0 Å². The number of amides is 1. The summed E-state index contributed by atoms with van der Waals surface area (Å²) in [5, 5.41) is 11.5. The van der Waals surface area contributed by atoms with Crippen molar-refractivity contribution in [2.24, 2.45) is 0 Å². The van der Waals surface area contributed by atoms with E-state index in [1.807, 2.05) is 31.2 Å². The molecule has 0 radical (unpaired) electrons. The lowest BCUT2D eigenvalue weighted by molar-refractivity contribution is -0.384. The molecular formula is C25H25N3O4. The molecule has 0 heterocycles. The van der Waals surface area contributed by atoms with Gasteiger partial charge < -0.3 is 9.80 Å². The Labute approximate surface area is 187 Å². The number of nitro benzene ring substituents is 1. The van der Waals surface area contributed by atoms with E-state index in [1.54, 1.807) is 67.3 Å². The maximum Gasteiger partial charge on any atom is 0.293 e. The van der Waals surface area contributed by atoms with Gasteiger partial charge in [0.05, 0.1) is 10.5 Å². The Bertz CT molecular complexity index is 1190. The monoisotopic (exact) mass is 431 g/mol. The first-order valence-corrected chi connectivity index (χ1v) is 10.1. The summed E-state index contributed by atoms with van der Waals surface area (Å²) in [6.07, 6.45) is 0. The first-order valence-electron chi connectivity index (χ1n) is 10.1. The van der Waals surface area contributed by atoms with Gasteiger partial charge in [-0.2, -0.15) is 0 Å². The molecule has 1 amide bonds. The van der Waals surface area contributed by atoms with Gasteiger partial charge in [-0.3, -0.25) is 19.7 Å². The Balaban J connectivity index is 1.95.